The van der Waals surface area contributed by atoms with Crippen LogP contribution in [-0.2, 0) is 9.84 Å². The van der Waals surface area contributed by atoms with Gasteiger partial charge in [-0.15, -0.1) is 0 Å². The number of rotatable bonds is 4. The van der Waals surface area contributed by atoms with Gasteiger partial charge in [0.1, 0.15) is 0 Å². The van der Waals surface area contributed by atoms with E-state index in [0.717, 1.165) is 25.9 Å². The summed E-state index contributed by atoms with van der Waals surface area (Å²) < 4.78 is 22.9. The Morgan fingerprint density at radius 2 is 2.00 bits per heavy atom. The van der Waals surface area contributed by atoms with Gasteiger partial charge in [0.05, 0.1) is 16.5 Å². The van der Waals surface area contributed by atoms with Gasteiger partial charge in [-0.25, -0.2) is 8.42 Å². The normalized spacial score (nSPS) is 22.0. The van der Waals surface area contributed by atoms with Crippen molar-refractivity contribution in [2.24, 2.45) is 11.1 Å². The molecule has 0 saturated carbocycles. The zero-order valence-corrected chi connectivity index (χ0v) is 12.2. The van der Waals surface area contributed by atoms with Crippen LogP contribution in [-0.4, -0.2) is 49.4 Å². The maximum absolute atomic E-state index is 11.5. The lowest BCUT2D eigenvalue weighted by molar-refractivity contribution is 0.262. The molecule has 0 spiro atoms. The summed E-state index contributed by atoms with van der Waals surface area (Å²) in [6.45, 7) is 6.41. The van der Waals surface area contributed by atoms with Crippen molar-refractivity contribution in [1.82, 2.24) is 4.90 Å². The SMILES string of the molecule is CC(C)(CCN1CCCS(=O)(=O)CC1)C(N)=S. The molecule has 100 valence electrons. The molecule has 0 aliphatic carbocycles. The van der Waals surface area contributed by atoms with Gasteiger partial charge in [0.25, 0.3) is 0 Å². The van der Waals surface area contributed by atoms with E-state index in [2.05, 4.69) is 4.90 Å². The average molecular weight is 278 g/mol. The zero-order valence-electron chi connectivity index (χ0n) is 10.6. The molecule has 0 amide bonds. The summed E-state index contributed by atoms with van der Waals surface area (Å²) in [6, 6.07) is 0. The summed E-state index contributed by atoms with van der Waals surface area (Å²) in [5.41, 5.74) is 5.52. The van der Waals surface area contributed by atoms with Gasteiger partial charge >= 0.3 is 0 Å². The fraction of sp³-hybridized carbons (Fsp3) is 0.909. The third-order valence-corrected chi connectivity index (χ3v) is 5.64. The molecule has 17 heavy (non-hydrogen) atoms. The molecule has 0 aromatic carbocycles. The Morgan fingerprint density at radius 3 is 2.59 bits per heavy atom. The molecule has 2 N–H and O–H groups in total. The van der Waals surface area contributed by atoms with E-state index in [1.165, 1.54) is 0 Å². The van der Waals surface area contributed by atoms with Crippen LogP contribution in [0.4, 0.5) is 0 Å². The Kier molecular flexibility index (Phi) is 4.92. The van der Waals surface area contributed by atoms with Crippen LogP contribution in [0.25, 0.3) is 0 Å². The van der Waals surface area contributed by atoms with Crippen molar-refractivity contribution in [3.63, 3.8) is 0 Å². The monoisotopic (exact) mass is 278 g/mol. The number of nitrogens with two attached hydrogens (primary N) is 1. The maximum Gasteiger partial charge on any atom is 0.151 e. The Bertz CT molecular complexity index is 377. The minimum Gasteiger partial charge on any atom is -0.393 e. The Balaban J connectivity index is 2.46. The summed E-state index contributed by atoms with van der Waals surface area (Å²) in [5.74, 6) is 0.600. The van der Waals surface area contributed by atoms with Crippen LogP contribution < -0.4 is 5.73 Å². The molecular weight excluding hydrogens is 256 g/mol. The van der Waals surface area contributed by atoms with Crippen molar-refractivity contribution >= 4 is 27.0 Å². The highest BCUT2D eigenvalue weighted by Crippen LogP contribution is 2.21. The van der Waals surface area contributed by atoms with Gasteiger partial charge in [-0.2, -0.15) is 0 Å². The van der Waals surface area contributed by atoms with Gasteiger partial charge in [-0.3, -0.25) is 0 Å². The number of hydrogen-bond donors (Lipinski definition) is 1. The quantitative estimate of drug-likeness (QED) is 0.771. The first-order valence-electron chi connectivity index (χ1n) is 5.96. The molecule has 1 saturated heterocycles. The molecule has 1 aliphatic heterocycles. The van der Waals surface area contributed by atoms with E-state index in [1.807, 2.05) is 13.8 Å². The molecular formula is C11H22N2O2S2. The minimum atomic E-state index is -2.81. The highest BCUT2D eigenvalue weighted by molar-refractivity contribution is 7.91. The second-order valence-corrected chi connectivity index (χ2v) is 8.09. The summed E-state index contributed by atoms with van der Waals surface area (Å²) in [7, 11) is -2.81. The smallest absolute Gasteiger partial charge is 0.151 e. The highest BCUT2D eigenvalue weighted by atomic mass is 32.2. The van der Waals surface area contributed by atoms with Crippen molar-refractivity contribution in [1.29, 1.82) is 0 Å². The van der Waals surface area contributed by atoms with E-state index in [4.69, 9.17) is 18.0 Å². The van der Waals surface area contributed by atoms with E-state index in [-0.39, 0.29) is 11.2 Å². The summed E-state index contributed by atoms with van der Waals surface area (Å²) in [5, 5.41) is 0. The third kappa shape index (κ3) is 4.89. The highest BCUT2D eigenvalue weighted by Gasteiger charge is 2.24. The lowest BCUT2D eigenvalue weighted by Gasteiger charge is -2.27. The van der Waals surface area contributed by atoms with E-state index < -0.39 is 9.84 Å². The zero-order chi connectivity index (χ0) is 13.1. The largest absolute Gasteiger partial charge is 0.393 e. The molecule has 1 rings (SSSR count). The van der Waals surface area contributed by atoms with Crippen LogP contribution in [0.1, 0.15) is 26.7 Å². The lowest BCUT2D eigenvalue weighted by atomic mass is 9.89. The van der Waals surface area contributed by atoms with Gasteiger partial charge in [-0.05, 0) is 25.9 Å². The van der Waals surface area contributed by atoms with Crippen molar-refractivity contribution in [2.75, 3.05) is 31.1 Å². The number of sulfone groups is 1. The molecule has 0 aromatic heterocycles. The molecule has 6 heteroatoms. The molecule has 0 unspecified atom stereocenters. The summed E-state index contributed by atoms with van der Waals surface area (Å²) >= 11 is 5.03. The number of hydrogen-bond acceptors (Lipinski definition) is 4. The first kappa shape index (κ1) is 14.9. The number of nitrogens with zero attached hydrogens (tertiary/aromatic N) is 1. The third-order valence-electron chi connectivity index (χ3n) is 3.37. The van der Waals surface area contributed by atoms with Crippen molar-refractivity contribution in [2.45, 2.75) is 26.7 Å². The molecule has 1 heterocycles. The molecule has 1 aliphatic rings. The van der Waals surface area contributed by atoms with E-state index in [0.29, 0.717) is 17.3 Å². The fourth-order valence-corrected chi connectivity index (χ4v) is 3.19. The molecule has 0 bridgehead atoms. The van der Waals surface area contributed by atoms with Gasteiger partial charge in [0.15, 0.2) is 9.84 Å². The van der Waals surface area contributed by atoms with Gasteiger partial charge < -0.3 is 10.6 Å². The average Bonchev–Trinajstić information content (AvgIpc) is 2.36. The van der Waals surface area contributed by atoms with Gasteiger partial charge in [-0.1, -0.05) is 26.1 Å². The topological polar surface area (TPSA) is 63.4 Å². The fourth-order valence-electron chi connectivity index (χ4n) is 1.77. The van der Waals surface area contributed by atoms with Crippen molar-refractivity contribution in [3.8, 4) is 0 Å². The Morgan fingerprint density at radius 1 is 1.35 bits per heavy atom. The predicted octanol–water partition coefficient (Wildman–Crippen LogP) is 0.809. The summed E-state index contributed by atoms with van der Waals surface area (Å²) in [6.07, 6.45) is 1.61. The molecule has 0 atom stereocenters. The van der Waals surface area contributed by atoms with Crippen LogP contribution in [0, 0.1) is 5.41 Å². The van der Waals surface area contributed by atoms with E-state index >= 15 is 0 Å². The number of thiocarbonyl (C=S) groups is 1. The van der Waals surface area contributed by atoms with Crippen LogP contribution >= 0.6 is 12.2 Å². The van der Waals surface area contributed by atoms with Crippen LogP contribution in [0.15, 0.2) is 0 Å². The van der Waals surface area contributed by atoms with Crippen molar-refractivity contribution < 1.29 is 8.42 Å². The maximum atomic E-state index is 11.5. The Labute approximate surface area is 109 Å². The molecule has 4 nitrogen and oxygen atoms in total. The van der Waals surface area contributed by atoms with Crippen LogP contribution in [0.5, 0.6) is 0 Å². The molecule has 0 radical (unpaired) electrons. The van der Waals surface area contributed by atoms with Crippen LogP contribution in [0.2, 0.25) is 0 Å². The first-order chi connectivity index (χ1) is 7.73. The summed E-state index contributed by atoms with van der Waals surface area (Å²) in [4.78, 5) is 2.73. The minimum absolute atomic E-state index is 0.152. The van der Waals surface area contributed by atoms with Gasteiger partial charge in [0, 0.05) is 12.0 Å². The van der Waals surface area contributed by atoms with Crippen LogP contribution in [0.3, 0.4) is 0 Å². The Hall–Kier alpha value is -0.200. The second-order valence-electron chi connectivity index (χ2n) is 5.35. The predicted molar refractivity (Wildman–Crippen MR) is 74.9 cm³/mol. The molecule has 1 fully saturated rings. The van der Waals surface area contributed by atoms with E-state index in [1.54, 1.807) is 0 Å². The first-order valence-corrected chi connectivity index (χ1v) is 8.19. The van der Waals surface area contributed by atoms with Crippen molar-refractivity contribution in [3.05, 3.63) is 0 Å². The van der Waals surface area contributed by atoms with E-state index in [9.17, 15) is 8.42 Å². The standard InChI is InChI=1S/C11H22N2O2S2/c1-11(2,10(12)16)4-6-13-5-3-8-17(14,15)9-7-13/h3-9H2,1-2H3,(H2,12,16). The van der Waals surface area contributed by atoms with Gasteiger partial charge in [0.2, 0.25) is 0 Å². The lowest BCUT2D eigenvalue weighted by Crippen LogP contribution is -2.36. The second kappa shape index (κ2) is 5.63. The molecule has 0 aromatic rings.